The van der Waals surface area contributed by atoms with E-state index in [0.29, 0.717) is 0 Å². The Morgan fingerprint density at radius 3 is 2.50 bits per heavy atom. The minimum absolute atomic E-state index is 0.0974. The number of aromatic hydroxyl groups is 2. The maximum Gasteiger partial charge on any atom is 0.216 e. The molecular formula is C12H17NO5. The molecule has 1 rings (SSSR count). The maximum atomic E-state index is 10.7. The Labute approximate surface area is 105 Å². The first-order valence-corrected chi connectivity index (χ1v) is 5.46. The molecule has 0 radical (unpaired) electrons. The molecule has 0 bridgehead atoms. The van der Waals surface area contributed by atoms with E-state index in [1.54, 1.807) is 0 Å². The second-order valence-corrected chi connectivity index (χ2v) is 4.10. The highest BCUT2D eigenvalue weighted by Gasteiger charge is 2.23. The molecule has 1 aromatic carbocycles. The third-order valence-corrected chi connectivity index (χ3v) is 2.68. The molecule has 100 valence electrons. The summed E-state index contributed by atoms with van der Waals surface area (Å²) in [6.07, 6.45) is -2.60. The highest BCUT2D eigenvalue weighted by molar-refractivity contribution is 5.72. The van der Waals surface area contributed by atoms with E-state index in [2.05, 4.69) is 5.32 Å². The van der Waals surface area contributed by atoms with Gasteiger partial charge in [0.15, 0.2) is 0 Å². The fraction of sp³-hybridized carbons (Fsp3) is 0.417. The lowest BCUT2D eigenvalue weighted by Gasteiger charge is -2.20. The molecule has 0 saturated carbocycles. The van der Waals surface area contributed by atoms with Crippen LogP contribution in [0.25, 0.3) is 0 Å². The van der Waals surface area contributed by atoms with Crippen molar-refractivity contribution >= 4 is 5.91 Å². The van der Waals surface area contributed by atoms with E-state index in [-0.39, 0.29) is 35.1 Å². The highest BCUT2D eigenvalue weighted by atomic mass is 16.3. The molecule has 6 heteroatoms. The van der Waals surface area contributed by atoms with Crippen molar-refractivity contribution in [3.63, 3.8) is 0 Å². The van der Waals surface area contributed by atoms with Crippen molar-refractivity contribution in [2.24, 2.45) is 0 Å². The highest BCUT2D eigenvalue weighted by Crippen LogP contribution is 2.34. The lowest BCUT2D eigenvalue weighted by molar-refractivity contribution is -0.119. The van der Waals surface area contributed by atoms with Crippen LogP contribution >= 0.6 is 0 Å². The number of nitrogens with one attached hydrogen (secondary N) is 1. The van der Waals surface area contributed by atoms with Crippen LogP contribution in [0.2, 0.25) is 0 Å². The summed E-state index contributed by atoms with van der Waals surface area (Å²) in [6.45, 7) is 2.65. The summed E-state index contributed by atoms with van der Waals surface area (Å²) < 4.78 is 0. The summed E-state index contributed by atoms with van der Waals surface area (Å²) in [5.74, 6) is -0.698. The Morgan fingerprint density at radius 2 is 1.94 bits per heavy atom. The number of carbonyl (C=O) groups excluding carboxylic acids is 1. The number of benzene rings is 1. The fourth-order valence-electron chi connectivity index (χ4n) is 1.52. The van der Waals surface area contributed by atoms with Crippen LogP contribution in [0.3, 0.4) is 0 Å². The number of carbonyl (C=O) groups is 1. The first-order chi connectivity index (χ1) is 8.34. The molecule has 0 heterocycles. The topological polar surface area (TPSA) is 110 Å². The molecule has 18 heavy (non-hydrogen) atoms. The summed E-state index contributed by atoms with van der Waals surface area (Å²) >= 11 is 0. The van der Waals surface area contributed by atoms with E-state index in [4.69, 9.17) is 0 Å². The minimum atomic E-state index is -1.35. The number of amides is 1. The van der Waals surface area contributed by atoms with Gasteiger partial charge in [0.05, 0.1) is 0 Å². The van der Waals surface area contributed by atoms with Gasteiger partial charge in [0.2, 0.25) is 5.91 Å². The molecule has 0 fully saturated rings. The lowest BCUT2D eigenvalue weighted by atomic mass is 10.00. The van der Waals surface area contributed by atoms with Gasteiger partial charge in [0.25, 0.3) is 0 Å². The second kappa shape index (κ2) is 5.70. The number of hydrogen-bond donors (Lipinski definition) is 5. The summed E-state index contributed by atoms with van der Waals surface area (Å²) in [6, 6.07) is 2.64. The smallest absolute Gasteiger partial charge is 0.216 e. The first-order valence-electron chi connectivity index (χ1n) is 5.46. The van der Waals surface area contributed by atoms with E-state index in [1.165, 1.54) is 26.0 Å². The normalized spacial score (nSPS) is 14.0. The van der Waals surface area contributed by atoms with Crippen molar-refractivity contribution in [2.45, 2.75) is 26.1 Å². The molecule has 2 atom stereocenters. The minimum Gasteiger partial charge on any atom is -0.508 e. The van der Waals surface area contributed by atoms with Gasteiger partial charge in [-0.2, -0.15) is 0 Å². The molecule has 0 aliphatic rings. The number of aliphatic hydroxyl groups is 2. The summed E-state index contributed by atoms with van der Waals surface area (Å²) in [4.78, 5) is 10.7. The Balaban J connectivity index is 2.86. The van der Waals surface area contributed by atoms with Crippen molar-refractivity contribution < 1.29 is 25.2 Å². The molecule has 0 aliphatic heterocycles. The Kier molecular flexibility index (Phi) is 4.52. The van der Waals surface area contributed by atoms with E-state index in [9.17, 15) is 25.2 Å². The molecule has 5 N–H and O–H groups in total. The molecule has 2 unspecified atom stereocenters. The van der Waals surface area contributed by atoms with Crippen molar-refractivity contribution in [3.8, 4) is 11.5 Å². The van der Waals surface area contributed by atoms with Crippen LogP contribution < -0.4 is 5.32 Å². The summed E-state index contributed by atoms with van der Waals surface area (Å²) in [5, 5.41) is 41.0. The summed E-state index contributed by atoms with van der Waals surface area (Å²) in [7, 11) is 0. The second-order valence-electron chi connectivity index (χ2n) is 4.10. The molecule has 6 nitrogen and oxygen atoms in total. The number of aliphatic hydroxyl groups excluding tert-OH is 2. The zero-order chi connectivity index (χ0) is 13.9. The van der Waals surface area contributed by atoms with Crippen LogP contribution in [0, 0.1) is 6.92 Å². The average molecular weight is 255 g/mol. The van der Waals surface area contributed by atoms with Gasteiger partial charge in [0, 0.05) is 24.6 Å². The Hall–Kier alpha value is -1.79. The average Bonchev–Trinajstić information content (AvgIpc) is 2.32. The molecule has 1 aromatic rings. The van der Waals surface area contributed by atoms with E-state index in [1.807, 2.05) is 0 Å². The summed E-state index contributed by atoms with van der Waals surface area (Å²) in [5.41, 5.74) is 0.321. The third kappa shape index (κ3) is 3.12. The maximum absolute atomic E-state index is 10.7. The lowest BCUT2D eigenvalue weighted by Crippen LogP contribution is -2.34. The molecule has 0 aromatic heterocycles. The van der Waals surface area contributed by atoms with Crippen molar-refractivity contribution in [1.82, 2.24) is 5.32 Å². The first kappa shape index (κ1) is 14.3. The zero-order valence-corrected chi connectivity index (χ0v) is 10.2. The van der Waals surface area contributed by atoms with Gasteiger partial charge >= 0.3 is 0 Å². The predicted octanol–water partition coefficient (Wildman–Crippen LogP) is -0.0634. The van der Waals surface area contributed by atoms with Gasteiger partial charge in [-0.05, 0) is 19.1 Å². The number of hydrogen-bond acceptors (Lipinski definition) is 5. The van der Waals surface area contributed by atoms with Crippen molar-refractivity contribution in [2.75, 3.05) is 6.54 Å². The van der Waals surface area contributed by atoms with Crippen LogP contribution in [0.1, 0.15) is 24.2 Å². The van der Waals surface area contributed by atoms with Gasteiger partial charge in [-0.15, -0.1) is 0 Å². The molecular weight excluding hydrogens is 238 g/mol. The van der Waals surface area contributed by atoms with Gasteiger partial charge in [0.1, 0.15) is 23.7 Å². The number of rotatable bonds is 4. The van der Waals surface area contributed by atoms with E-state index >= 15 is 0 Å². The standard InChI is InChI=1S/C12H17NO5/c1-6-9(15)4-3-8(11(6)17)12(18)10(16)5-13-7(2)14/h3-4,10,12,15-18H,5H2,1-2H3,(H,13,14). The fourth-order valence-corrected chi connectivity index (χ4v) is 1.52. The van der Waals surface area contributed by atoms with Gasteiger partial charge in [-0.1, -0.05) is 0 Å². The Bertz CT molecular complexity index is 446. The largest absolute Gasteiger partial charge is 0.508 e. The zero-order valence-electron chi connectivity index (χ0n) is 10.2. The van der Waals surface area contributed by atoms with Crippen LogP contribution in [0.5, 0.6) is 11.5 Å². The quantitative estimate of drug-likeness (QED) is 0.517. The third-order valence-electron chi connectivity index (χ3n) is 2.68. The van der Waals surface area contributed by atoms with Crippen LogP contribution in [0.4, 0.5) is 0 Å². The van der Waals surface area contributed by atoms with Crippen LogP contribution in [0.15, 0.2) is 12.1 Å². The number of phenols is 2. The van der Waals surface area contributed by atoms with Crippen LogP contribution in [-0.4, -0.2) is 39.0 Å². The SMILES string of the molecule is CC(=O)NCC(O)C(O)c1ccc(O)c(C)c1O. The monoisotopic (exact) mass is 255 g/mol. The van der Waals surface area contributed by atoms with Crippen molar-refractivity contribution in [1.29, 1.82) is 0 Å². The molecule has 0 aliphatic carbocycles. The Morgan fingerprint density at radius 1 is 1.33 bits per heavy atom. The predicted molar refractivity (Wildman–Crippen MR) is 64.2 cm³/mol. The van der Waals surface area contributed by atoms with Gasteiger partial charge < -0.3 is 25.7 Å². The van der Waals surface area contributed by atoms with Crippen molar-refractivity contribution in [3.05, 3.63) is 23.3 Å². The van der Waals surface area contributed by atoms with Gasteiger partial charge in [-0.3, -0.25) is 4.79 Å². The molecule has 0 saturated heterocycles. The van der Waals surface area contributed by atoms with Crippen LogP contribution in [-0.2, 0) is 4.79 Å². The van der Waals surface area contributed by atoms with E-state index < -0.39 is 12.2 Å². The number of phenolic OH excluding ortho intramolecular Hbond substituents is 2. The molecule has 1 amide bonds. The van der Waals surface area contributed by atoms with Gasteiger partial charge in [-0.25, -0.2) is 0 Å². The van der Waals surface area contributed by atoms with E-state index in [0.717, 1.165) is 0 Å². The molecule has 0 spiro atoms.